The van der Waals surface area contributed by atoms with Crippen LogP contribution in [0.25, 0.3) is 16.8 Å². The van der Waals surface area contributed by atoms with Crippen molar-refractivity contribution in [1.82, 2.24) is 29.8 Å². The Bertz CT molecular complexity index is 1500. The van der Waals surface area contributed by atoms with Gasteiger partial charge in [-0.3, -0.25) is 9.59 Å². The third-order valence-electron chi connectivity index (χ3n) is 7.05. The smallest absolute Gasteiger partial charge is 0.418 e. The molecule has 1 aliphatic carbocycles. The summed E-state index contributed by atoms with van der Waals surface area (Å²) in [6, 6.07) is 0.688. The van der Waals surface area contributed by atoms with Gasteiger partial charge in [0.05, 0.1) is 32.3 Å². The number of halogens is 6. The van der Waals surface area contributed by atoms with Crippen LogP contribution >= 0.6 is 0 Å². The first kappa shape index (κ1) is 26.1. The second-order valence-electron chi connectivity index (χ2n) is 9.70. The second-order valence-corrected chi connectivity index (χ2v) is 9.70. The summed E-state index contributed by atoms with van der Waals surface area (Å²) in [5.41, 5.74) is 3.56. The van der Waals surface area contributed by atoms with Crippen LogP contribution in [0.1, 0.15) is 36.6 Å². The topological polar surface area (TPSA) is 128 Å². The maximum absolute atomic E-state index is 14.9. The number of carbonyl (C=O) groups is 2. The fourth-order valence-corrected chi connectivity index (χ4v) is 5.10. The number of likely N-dealkylation sites (tertiary alicyclic amines) is 1. The lowest BCUT2D eigenvalue weighted by Gasteiger charge is -2.20. The number of pyridine rings is 1. The van der Waals surface area contributed by atoms with Gasteiger partial charge in [-0.1, -0.05) is 0 Å². The van der Waals surface area contributed by atoms with Gasteiger partial charge in [0.1, 0.15) is 23.6 Å². The van der Waals surface area contributed by atoms with Crippen LogP contribution in [0.3, 0.4) is 0 Å². The lowest BCUT2D eigenvalue weighted by molar-refractivity contribution is -0.136. The molecule has 3 aromatic heterocycles. The molecule has 3 N–H and O–H groups in total. The van der Waals surface area contributed by atoms with Crippen molar-refractivity contribution in [2.75, 3.05) is 25.9 Å². The van der Waals surface area contributed by atoms with Crippen molar-refractivity contribution in [2.24, 2.45) is 5.92 Å². The number of alkyl halides is 6. The number of nitrogens with zero attached hydrogens (tertiary/aromatic N) is 5. The van der Waals surface area contributed by atoms with Crippen molar-refractivity contribution >= 4 is 23.1 Å². The number of anilines is 1. The van der Waals surface area contributed by atoms with E-state index in [1.54, 1.807) is 0 Å². The molecule has 1 unspecified atom stereocenters. The van der Waals surface area contributed by atoms with E-state index in [2.05, 4.69) is 20.4 Å². The Labute approximate surface area is 223 Å². The van der Waals surface area contributed by atoms with Crippen molar-refractivity contribution in [3.63, 3.8) is 0 Å². The molecular formula is C24H23F6N7O3. The fourth-order valence-electron chi connectivity index (χ4n) is 5.10. The number of hydrogen-bond acceptors (Lipinski definition) is 7. The van der Waals surface area contributed by atoms with E-state index in [1.807, 2.05) is 0 Å². The zero-order chi connectivity index (χ0) is 29.7. The lowest BCUT2D eigenvalue weighted by atomic mass is 10.1. The maximum Gasteiger partial charge on any atom is 0.418 e. The Morgan fingerprint density at radius 2 is 2.02 bits per heavy atom. The molecule has 2 amide bonds. The van der Waals surface area contributed by atoms with Crippen LogP contribution in [-0.2, 0) is 11.0 Å². The van der Waals surface area contributed by atoms with Crippen LogP contribution in [-0.4, -0.2) is 74.6 Å². The molecule has 2 fully saturated rings. The van der Waals surface area contributed by atoms with Crippen LogP contribution in [0.2, 0.25) is 0 Å². The predicted molar refractivity (Wildman–Crippen MR) is 127 cm³/mol. The molecule has 3 aromatic rings. The Kier molecular flexibility index (Phi) is 6.41. The van der Waals surface area contributed by atoms with Gasteiger partial charge in [-0.15, -0.1) is 0 Å². The first-order chi connectivity index (χ1) is 19.3. The molecule has 1 saturated heterocycles. The Hall–Kier alpha value is -4.11. The molecule has 0 spiro atoms. The number of methoxy groups -OCH3 is 1. The molecule has 1 saturated carbocycles. The third-order valence-corrected chi connectivity index (χ3v) is 7.05. The van der Waals surface area contributed by atoms with Crippen LogP contribution < -0.4 is 15.8 Å². The van der Waals surface area contributed by atoms with Gasteiger partial charge in [-0.05, 0) is 18.6 Å². The highest BCUT2D eigenvalue weighted by molar-refractivity contribution is 5.98. The number of rotatable bonds is 5. The first-order valence-electron chi connectivity index (χ1n) is 12.7. The molecule has 0 bridgehead atoms. The Balaban J connectivity index is 1.42. The second kappa shape index (κ2) is 9.82. The molecule has 40 heavy (non-hydrogen) atoms. The zero-order valence-corrected chi connectivity index (χ0v) is 20.6. The van der Waals surface area contributed by atoms with Gasteiger partial charge < -0.3 is 20.7 Å². The Morgan fingerprint density at radius 1 is 1.25 bits per heavy atom. The maximum atomic E-state index is 14.9. The third kappa shape index (κ3) is 4.97. The van der Waals surface area contributed by atoms with E-state index in [0.717, 1.165) is 34.1 Å². The number of hydrogen-bond donors (Lipinski definition) is 2. The summed E-state index contributed by atoms with van der Waals surface area (Å²) in [7, 11) is -0.661. The number of nitrogens with one attached hydrogen (secondary N) is 1. The van der Waals surface area contributed by atoms with Crippen LogP contribution in [0.4, 0.5) is 32.2 Å². The molecule has 5 rings (SSSR count). The number of amides is 2. The van der Waals surface area contributed by atoms with E-state index in [9.17, 15) is 35.9 Å². The SMILES string of the molecule is [2H]COc1ncc(-c2cc(C(F)(F)F)c3c(N)ncnn23)cc1C(=O)N[C@@H]1CN(C(=O)C2CCC(F)(F)C2)C[C@@H]1F. The summed E-state index contributed by atoms with van der Waals surface area (Å²) >= 11 is 0. The molecular weight excluding hydrogens is 548 g/mol. The van der Waals surface area contributed by atoms with Gasteiger partial charge in [-0.25, -0.2) is 27.7 Å². The summed E-state index contributed by atoms with van der Waals surface area (Å²) in [4.78, 5) is 34.6. The van der Waals surface area contributed by atoms with Crippen LogP contribution in [0.15, 0.2) is 24.7 Å². The van der Waals surface area contributed by atoms with E-state index < -0.39 is 85.4 Å². The molecule has 4 heterocycles. The fraction of sp³-hybridized carbons (Fsp3) is 0.458. The van der Waals surface area contributed by atoms with Gasteiger partial charge in [0.2, 0.25) is 17.7 Å². The number of nitrogen functional groups attached to an aromatic ring is 1. The van der Waals surface area contributed by atoms with Crippen molar-refractivity contribution in [3.05, 3.63) is 35.8 Å². The van der Waals surface area contributed by atoms with Gasteiger partial charge in [0, 0.05) is 37.1 Å². The zero-order valence-electron chi connectivity index (χ0n) is 21.6. The van der Waals surface area contributed by atoms with E-state index >= 15 is 0 Å². The van der Waals surface area contributed by atoms with Gasteiger partial charge in [0.15, 0.2) is 5.82 Å². The molecule has 3 atom stereocenters. The minimum absolute atomic E-state index is 0.0155. The first-order valence-corrected chi connectivity index (χ1v) is 12.0. The van der Waals surface area contributed by atoms with Gasteiger partial charge >= 0.3 is 6.18 Å². The summed E-state index contributed by atoms with van der Waals surface area (Å²) in [6.45, 7) is -0.679. The number of carbonyl (C=O) groups excluding carboxylic acids is 2. The average Bonchev–Trinajstić information content (AvgIpc) is 3.59. The van der Waals surface area contributed by atoms with E-state index in [4.69, 9.17) is 11.8 Å². The van der Waals surface area contributed by atoms with Gasteiger partial charge in [-0.2, -0.15) is 18.3 Å². The molecule has 0 aromatic carbocycles. The summed E-state index contributed by atoms with van der Waals surface area (Å²) < 4.78 is 96.5. The molecule has 214 valence electrons. The normalized spacial score (nSPS) is 22.9. The number of aromatic nitrogens is 4. The largest absolute Gasteiger partial charge is 0.480 e. The molecule has 16 heteroatoms. The lowest BCUT2D eigenvalue weighted by Crippen LogP contribution is -2.42. The van der Waals surface area contributed by atoms with Crippen molar-refractivity contribution in [3.8, 4) is 17.1 Å². The monoisotopic (exact) mass is 572 g/mol. The highest BCUT2D eigenvalue weighted by Gasteiger charge is 2.46. The van der Waals surface area contributed by atoms with Crippen molar-refractivity contribution in [2.45, 2.75) is 43.6 Å². The highest BCUT2D eigenvalue weighted by Crippen LogP contribution is 2.41. The number of nitrogens with two attached hydrogens (primary N) is 1. The summed E-state index contributed by atoms with van der Waals surface area (Å²) in [6.07, 6.45) is -5.56. The van der Waals surface area contributed by atoms with Crippen LogP contribution in [0, 0.1) is 5.92 Å². The Morgan fingerprint density at radius 3 is 2.70 bits per heavy atom. The standard InChI is InChI=1S/C24H23F6N7O3/c1-40-21-13(20(38)35-16-9-36(8-15(16)25)22(39)11-2-3-23(26,27)6-11)4-12(7-32-21)17-5-14(24(28,29)30)18-19(31)33-10-34-37(17)18/h4-5,7,10-11,15-16H,2-3,6,8-9H2,1H3,(H,35,38)(H2,31,33,34)/t11?,15-,16+/m0/s1/i1D. The number of fused-ring (bicyclic) bond motifs is 1. The average molecular weight is 572 g/mol. The van der Waals surface area contributed by atoms with Crippen LogP contribution in [0.5, 0.6) is 5.88 Å². The predicted octanol–water partition coefficient (Wildman–Crippen LogP) is 3.12. The highest BCUT2D eigenvalue weighted by atomic mass is 19.4. The summed E-state index contributed by atoms with van der Waals surface area (Å²) in [5, 5.41) is 6.27. The molecule has 0 radical (unpaired) electrons. The minimum Gasteiger partial charge on any atom is -0.480 e. The number of ether oxygens (including phenoxy) is 1. The minimum atomic E-state index is -4.82. The van der Waals surface area contributed by atoms with Gasteiger partial charge in [0.25, 0.3) is 5.91 Å². The molecule has 2 aliphatic rings. The van der Waals surface area contributed by atoms with Crippen molar-refractivity contribution < 1.29 is 42.0 Å². The van der Waals surface area contributed by atoms with E-state index in [0.29, 0.717) is 0 Å². The molecule has 1 aliphatic heterocycles. The van der Waals surface area contributed by atoms with E-state index in [-0.39, 0.29) is 35.7 Å². The quantitative estimate of drug-likeness (QED) is 0.450. The molecule has 10 nitrogen and oxygen atoms in total. The van der Waals surface area contributed by atoms with E-state index in [1.165, 1.54) is 0 Å². The summed E-state index contributed by atoms with van der Waals surface area (Å²) in [5.74, 6) is -6.25. The van der Waals surface area contributed by atoms with Crippen molar-refractivity contribution in [1.29, 1.82) is 0 Å².